The van der Waals surface area contributed by atoms with E-state index in [1.807, 2.05) is 6.07 Å². The number of benzene rings is 1. The third kappa shape index (κ3) is 21.4. The summed E-state index contributed by atoms with van der Waals surface area (Å²) in [7, 11) is 0. The van der Waals surface area contributed by atoms with Crippen LogP contribution >= 0.6 is 11.8 Å². The molecule has 0 spiro atoms. The molecule has 0 aliphatic carbocycles. The molecule has 2 heteroatoms. The van der Waals surface area contributed by atoms with Crippen LogP contribution in [0.15, 0.2) is 30.3 Å². The van der Waals surface area contributed by atoms with Gasteiger partial charge in [-0.15, -0.1) is 0 Å². The molecule has 0 radical (unpaired) electrons. The Kier molecular flexibility index (Phi) is 21.9. The van der Waals surface area contributed by atoms with Crippen LogP contribution in [0.3, 0.4) is 0 Å². The van der Waals surface area contributed by atoms with Crippen LogP contribution in [0.2, 0.25) is 0 Å². The summed E-state index contributed by atoms with van der Waals surface area (Å²) in [5.74, 6) is 3.13. The summed E-state index contributed by atoms with van der Waals surface area (Å²) in [5, 5.41) is 8.63. The first-order valence-electron chi connectivity index (χ1n) is 11.1. The highest BCUT2D eigenvalue weighted by Gasteiger charge is 1.94. The van der Waals surface area contributed by atoms with E-state index in [9.17, 15) is 0 Å². The van der Waals surface area contributed by atoms with Crippen LogP contribution in [-0.4, -0.2) is 16.6 Å². The lowest BCUT2D eigenvalue weighted by Crippen LogP contribution is -1.86. The van der Waals surface area contributed by atoms with Crippen molar-refractivity contribution < 1.29 is 5.11 Å². The van der Waals surface area contributed by atoms with E-state index in [1.54, 1.807) is 24.3 Å². The van der Waals surface area contributed by atoms with Gasteiger partial charge in [-0.3, -0.25) is 0 Å². The van der Waals surface area contributed by atoms with Crippen LogP contribution in [0, 0.1) is 0 Å². The van der Waals surface area contributed by atoms with Crippen molar-refractivity contribution in [3.8, 4) is 5.75 Å². The molecule has 1 N–H and O–H groups in total. The summed E-state index contributed by atoms with van der Waals surface area (Å²) in [5.41, 5.74) is 0. The maximum Gasteiger partial charge on any atom is 0.115 e. The summed E-state index contributed by atoms with van der Waals surface area (Å²) in [6.45, 7) is 4.58. The van der Waals surface area contributed by atoms with Crippen LogP contribution in [0.25, 0.3) is 0 Å². The van der Waals surface area contributed by atoms with Gasteiger partial charge in [0.05, 0.1) is 0 Å². The first kappa shape index (κ1) is 25.4. The highest BCUT2D eigenvalue weighted by Crippen LogP contribution is 2.13. The number of phenolic OH excluding ortho intramolecular Hbond substituents is 1. The highest BCUT2D eigenvalue weighted by atomic mass is 32.2. The second kappa shape index (κ2) is 22.4. The molecule has 0 amide bonds. The minimum absolute atomic E-state index is 0.322. The summed E-state index contributed by atoms with van der Waals surface area (Å²) >= 11 is 2.19. The molecule has 1 nitrogen and oxygen atoms in total. The molecule has 1 aromatic carbocycles. The number of phenols is 1. The SMILES string of the molecule is CCCCCCCCCSCCCCCCCCC.Oc1ccccc1. The van der Waals surface area contributed by atoms with E-state index in [4.69, 9.17) is 5.11 Å². The average Bonchev–Trinajstić information content (AvgIpc) is 2.66. The minimum Gasteiger partial charge on any atom is -0.508 e. The van der Waals surface area contributed by atoms with Gasteiger partial charge in [-0.25, -0.2) is 0 Å². The lowest BCUT2D eigenvalue weighted by molar-refractivity contribution is 0.475. The zero-order valence-corrected chi connectivity index (χ0v) is 18.4. The van der Waals surface area contributed by atoms with Gasteiger partial charge >= 0.3 is 0 Å². The Bertz CT molecular complexity index is 336. The predicted molar refractivity (Wildman–Crippen MR) is 121 cm³/mol. The Balaban J connectivity index is 0.000000735. The Morgan fingerprint density at radius 3 is 1.31 bits per heavy atom. The second-order valence-electron chi connectivity index (χ2n) is 7.19. The average molecular weight is 381 g/mol. The summed E-state index contributed by atoms with van der Waals surface area (Å²) in [6.07, 6.45) is 20.2. The van der Waals surface area contributed by atoms with E-state index in [-0.39, 0.29) is 0 Å². The third-order valence-corrected chi connectivity index (χ3v) is 5.70. The smallest absolute Gasteiger partial charge is 0.115 e. The van der Waals surface area contributed by atoms with Crippen LogP contribution < -0.4 is 0 Å². The van der Waals surface area contributed by atoms with E-state index in [0.717, 1.165) is 0 Å². The fourth-order valence-electron chi connectivity index (χ4n) is 2.85. The molecular formula is C24H44OS. The number of rotatable bonds is 16. The molecule has 0 heterocycles. The highest BCUT2D eigenvalue weighted by molar-refractivity contribution is 7.99. The Labute approximate surface area is 168 Å². The van der Waals surface area contributed by atoms with Crippen LogP contribution in [0.4, 0.5) is 0 Å². The van der Waals surface area contributed by atoms with Crippen molar-refractivity contribution in [2.45, 2.75) is 104 Å². The van der Waals surface area contributed by atoms with E-state index >= 15 is 0 Å². The molecule has 26 heavy (non-hydrogen) atoms. The van der Waals surface area contributed by atoms with Gasteiger partial charge < -0.3 is 5.11 Å². The standard InChI is InChI=1S/C18H38S.C6H6O/c1-3-5-7-9-11-13-15-17-19-18-16-14-12-10-8-6-4-2;7-6-4-2-1-3-5-6/h3-18H2,1-2H3;1-5,7H. The van der Waals surface area contributed by atoms with Gasteiger partial charge in [0.25, 0.3) is 0 Å². The number of para-hydroxylation sites is 1. The number of hydrogen-bond acceptors (Lipinski definition) is 2. The molecule has 0 fully saturated rings. The monoisotopic (exact) mass is 380 g/mol. The molecule has 1 rings (SSSR count). The van der Waals surface area contributed by atoms with Crippen molar-refractivity contribution in [1.29, 1.82) is 0 Å². The van der Waals surface area contributed by atoms with Gasteiger partial charge in [-0.1, -0.05) is 109 Å². The van der Waals surface area contributed by atoms with Gasteiger partial charge in [0.2, 0.25) is 0 Å². The van der Waals surface area contributed by atoms with E-state index in [1.165, 1.54) is 101 Å². The predicted octanol–water partition coefficient (Wildman–Crippen LogP) is 8.61. The number of unbranched alkanes of at least 4 members (excludes halogenated alkanes) is 12. The van der Waals surface area contributed by atoms with Crippen LogP contribution in [0.1, 0.15) is 104 Å². The van der Waals surface area contributed by atoms with Gasteiger partial charge in [-0.2, -0.15) is 11.8 Å². The van der Waals surface area contributed by atoms with Crippen LogP contribution in [0.5, 0.6) is 5.75 Å². The van der Waals surface area contributed by atoms with Crippen molar-refractivity contribution in [1.82, 2.24) is 0 Å². The van der Waals surface area contributed by atoms with Gasteiger partial charge in [-0.05, 0) is 36.5 Å². The molecule has 0 aliphatic rings. The lowest BCUT2D eigenvalue weighted by Gasteiger charge is -2.03. The fraction of sp³-hybridized carbons (Fsp3) is 0.750. The van der Waals surface area contributed by atoms with Crippen molar-refractivity contribution in [2.24, 2.45) is 0 Å². The maximum atomic E-state index is 8.63. The first-order chi connectivity index (χ1) is 12.8. The topological polar surface area (TPSA) is 20.2 Å². The quantitative estimate of drug-likeness (QED) is 0.290. The minimum atomic E-state index is 0.322. The van der Waals surface area contributed by atoms with E-state index in [0.29, 0.717) is 5.75 Å². The van der Waals surface area contributed by atoms with Gasteiger partial charge in [0.1, 0.15) is 5.75 Å². The Morgan fingerprint density at radius 1 is 0.577 bits per heavy atom. The normalized spacial score (nSPS) is 10.4. The number of thioether (sulfide) groups is 1. The van der Waals surface area contributed by atoms with Crippen molar-refractivity contribution >= 4 is 11.8 Å². The summed E-state index contributed by atoms with van der Waals surface area (Å²) < 4.78 is 0. The zero-order valence-electron chi connectivity index (χ0n) is 17.6. The first-order valence-corrected chi connectivity index (χ1v) is 12.3. The Morgan fingerprint density at radius 2 is 0.962 bits per heavy atom. The molecule has 152 valence electrons. The van der Waals surface area contributed by atoms with Crippen molar-refractivity contribution in [2.75, 3.05) is 11.5 Å². The molecule has 1 aromatic rings. The van der Waals surface area contributed by atoms with Crippen molar-refractivity contribution in [3.05, 3.63) is 30.3 Å². The molecular weight excluding hydrogens is 336 g/mol. The van der Waals surface area contributed by atoms with Gasteiger partial charge in [0.15, 0.2) is 0 Å². The molecule has 0 bridgehead atoms. The zero-order chi connectivity index (χ0) is 19.1. The number of aromatic hydroxyl groups is 1. The van der Waals surface area contributed by atoms with Crippen LogP contribution in [-0.2, 0) is 0 Å². The van der Waals surface area contributed by atoms with Gasteiger partial charge in [0, 0.05) is 0 Å². The molecule has 0 unspecified atom stereocenters. The summed E-state index contributed by atoms with van der Waals surface area (Å²) in [6, 6.07) is 8.71. The van der Waals surface area contributed by atoms with E-state index in [2.05, 4.69) is 25.6 Å². The van der Waals surface area contributed by atoms with E-state index < -0.39 is 0 Å². The third-order valence-electron chi connectivity index (χ3n) is 4.54. The molecule has 0 saturated heterocycles. The second-order valence-corrected chi connectivity index (χ2v) is 8.42. The largest absolute Gasteiger partial charge is 0.508 e. The lowest BCUT2D eigenvalue weighted by atomic mass is 10.1. The molecule has 0 saturated carbocycles. The Hall–Kier alpha value is -0.630. The number of hydrogen-bond donors (Lipinski definition) is 1. The van der Waals surface area contributed by atoms with Crippen molar-refractivity contribution in [3.63, 3.8) is 0 Å². The molecule has 0 aliphatic heterocycles. The fourth-order valence-corrected chi connectivity index (χ4v) is 3.87. The molecule has 0 atom stereocenters. The summed E-state index contributed by atoms with van der Waals surface area (Å²) in [4.78, 5) is 0. The molecule has 0 aromatic heterocycles. The maximum absolute atomic E-state index is 8.63.